The van der Waals surface area contributed by atoms with Gasteiger partial charge in [-0.15, -0.1) is 0 Å². The van der Waals surface area contributed by atoms with Crippen molar-refractivity contribution in [3.63, 3.8) is 0 Å². The van der Waals surface area contributed by atoms with Gasteiger partial charge in [-0.25, -0.2) is 9.78 Å². The van der Waals surface area contributed by atoms with Crippen LogP contribution in [0, 0.1) is 0 Å². The van der Waals surface area contributed by atoms with E-state index < -0.39 is 17.3 Å². The van der Waals surface area contributed by atoms with E-state index in [2.05, 4.69) is 15.4 Å². The fourth-order valence-electron chi connectivity index (χ4n) is 3.35. The maximum Gasteiger partial charge on any atom is 0.415 e. The number of amides is 2. The molecule has 2 aromatic rings. The molecular formula is C19H26ClN5O4. The maximum absolute atomic E-state index is 12.8. The van der Waals surface area contributed by atoms with Gasteiger partial charge < -0.3 is 15.2 Å². The second kappa shape index (κ2) is 7.46. The Balaban J connectivity index is 1.89. The molecule has 2 amide bonds. The van der Waals surface area contributed by atoms with Gasteiger partial charge in [-0.05, 0) is 47.0 Å². The third-order valence-electron chi connectivity index (χ3n) is 4.73. The van der Waals surface area contributed by atoms with Gasteiger partial charge >= 0.3 is 6.09 Å². The SMILES string of the molecule is CN(C(=O)OC(C)(C)C)c1cc(Cl)nc2c(C(=O)N[C@@H]3CC[C@@](C)(O)C3)cnn12. The predicted molar refractivity (Wildman–Crippen MR) is 108 cm³/mol. The zero-order valence-electron chi connectivity index (χ0n) is 17.2. The molecule has 2 aromatic heterocycles. The van der Waals surface area contributed by atoms with E-state index >= 15 is 0 Å². The lowest BCUT2D eigenvalue weighted by Gasteiger charge is -2.24. The van der Waals surface area contributed by atoms with Crippen molar-refractivity contribution < 1.29 is 19.4 Å². The molecule has 2 N–H and O–H groups in total. The van der Waals surface area contributed by atoms with Crippen molar-refractivity contribution in [1.29, 1.82) is 0 Å². The van der Waals surface area contributed by atoms with Gasteiger partial charge in [0, 0.05) is 19.2 Å². The first kappa shape index (κ1) is 21.3. The number of nitrogens with zero attached hydrogens (tertiary/aromatic N) is 4. The van der Waals surface area contributed by atoms with Crippen LogP contribution in [-0.4, -0.2) is 56.0 Å². The normalized spacial score (nSPS) is 22.0. The monoisotopic (exact) mass is 423 g/mol. The number of rotatable bonds is 3. The largest absolute Gasteiger partial charge is 0.443 e. The van der Waals surface area contributed by atoms with Crippen LogP contribution in [0.5, 0.6) is 0 Å². The Labute approximate surface area is 174 Å². The summed E-state index contributed by atoms with van der Waals surface area (Å²) in [7, 11) is 1.53. The van der Waals surface area contributed by atoms with Gasteiger partial charge in [0.15, 0.2) is 5.65 Å². The first-order valence-electron chi connectivity index (χ1n) is 9.40. The smallest absolute Gasteiger partial charge is 0.415 e. The van der Waals surface area contributed by atoms with Crippen molar-refractivity contribution in [3.05, 3.63) is 23.0 Å². The number of ether oxygens (including phenoxy) is 1. The van der Waals surface area contributed by atoms with Gasteiger partial charge in [-0.1, -0.05) is 11.6 Å². The van der Waals surface area contributed by atoms with E-state index in [0.717, 1.165) is 0 Å². The van der Waals surface area contributed by atoms with Gasteiger partial charge in [0.05, 0.1) is 11.8 Å². The Morgan fingerprint density at radius 3 is 2.72 bits per heavy atom. The molecule has 2 atom stereocenters. The quantitative estimate of drug-likeness (QED) is 0.734. The molecular weight excluding hydrogens is 398 g/mol. The molecule has 1 aliphatic rings. The number of aliphatic hydroxyl groups is 1. The lowest BCUT2D eigenvalue weighted by Crippen LogP contribution is -2.35. The molecule has 0 aliphatic heterocycles. The summed E-state index contributed by atoms with van der Waals surface area (Å²) in [5.74, 6) is -0.0413. The van der Waals surface area contributed by atoms with Crippen molar-refractivity contribution >= 4 is 35.1 Å². The standard InChI is InChI=1S/C19H26ClN5O4/c1-18(2,3)29-17(27)24(5)14-8-13(20)23-15-12(10-21-25(14)15)16(26)22-11-6-7-19(4,28)9-11/h8,10-11,28H,6-7,9H2,1-5H3,(H,22,26)/t11-,19-/m1/s1. The van der Waals surface area contributed by atoms with Crippen LogP contribution in [0.15, 0.2) is 12.3 Å². The molecule has 158 valence electrons. The first-order chi connectivity index (χ1) is 13.4. The lowest BCUT2D eigenvalue weighted by atomic mass is 10.1. The van der Waals surface area contributed by atoms with Gasteiger partial charge in [0.25, 0.3) is 5.91 Å². The fourth-order valence-corrected chi connectivity index (χ4v) is 3.53. The summed E-state index contributed by atoms with van der Waals surface area (Å²) in [6.45, 7) is 7.06. The van der Waals surface area contributed by atoms with E-state index in [1.54, 1.807) is 27.7 Å². The fraction of sp³-hybridized carbons (Fsp3) is 0.579. The summed E-state index contributed by atoms with van der Waals surface area (Å²) in [5.41, 5.74) is -0.980. The third-order valence-corrected chi connectivity index (χ3v) is 4.92. The highest BCUT2D eigenvalue weighted by molar-refractivity contribution is 6.30. The number of carbonyl (C=O) groups is 2. The van der Waals surface area contributed by atoms with Gasteiger partial charge in [0.2, 0.25) is 0 Å². The summed E-state index contributed by atoms with van der Waals surface area (Å²) >= 11 is 6.15. The number of carbonyl (C=O) groups excluding carboxylic acids is 2. The van der Waals surface area contributed by atoms with Crippen LogP contribution < -0.4 is 10.2 Å². The average molecular weight is 424 g/mol. The van der Waals surface area contributed by atoms with Gasteiger partial charge in [-0.3, -0.25) is 9.69 Å². The second-order valence-corrected chi connectivity index (χ2v) is 9.07. The highest BCUT2D eigenvalue weighted by atomic mass is 35.5. The molecule has 29 heavy (non-hydrogen) atoms. The molecule has 1 fully saturated rings. The molecule has 0 unspecified atom stereocenters. The molecule has 0 spiro atoms. The summed E-state index contributed by atoms with van der Waals surface area (Å²) < 4.78 is 6.76. The van der Waals surface area contributed by atoms with E-state index in [9.17, 15) is 14.7 Å². The second-order valence-electron chi connectivity index (χ2n) is 8.68. The topological polar surface area (TPSA) is 109 Å². The van der Waals surface area contributed by atoms with Crippen molar-refractivity contribution in [2.45, 2.75) is 64.2 Å². The lowest BCUT2D eigenvalue weighted by molar-refractivity contribution is 0.0586. The Hall–Kier alpha value is -2.39. The van der Waals surface area contributed by atoms with Crippen LogP contribution >= 0.6 is 11.6 Å². The highest BCUT2D eigenvalue weighted by Gasteiger charge is 2.34. The maximum atomic E-state index is 12.8. The number of anilines is 1. The summed E-state index contributed by atoms with van der Waals surface area (Å²) in [6.07, 6.45) is 2.60. The molecule has 1 saturated carbocycles. The number of halogens is 1. The van der Waals surface area contributed by atoms with Crippen LogP contribution in [-0.2, 0) is 4.74 Å². The molecule has 0 saturated heterocycles. The minimum atomic E-state index is -0.774. The molecule has 9 nitrogen and oxygen atoms in total. The zero-order valence-corrected chi connectivity index (χ0v) is 17.9. The Morgan fingerprint density at radius 2 is 2.14 bits per heavy atom. The molecule has 0 radical (unpaired) electrons. The van der Waals surface area contributed by atoms with E-state index in [-0.39, 0.29) is 28.3 Å². The van der Waals surface area contributed by atoms with Crippen molar-refractivity contribution in [1.82, 2.24) is 19.9 Å². The summed E-state index contributed by atoms with van der Waals surface area (Å²) in [5, 5.41) is 17.3. The number of hydrogen-bond donors (Lipinski definition) is 2. The predicted octanol–water partition coefficient (Wildman–Crippen LogP) is 2.79. The number of aromatic nitrogens is 3. The summed E-state index contributed by atoms with van der Waals surface area (Å²) in [6, 6.07) is 1.34. The van der Waals surface area contributed by atoms with Crippen molar-refractivity contribution in [3.8, 4) is 0 Å². The minimum absolute atomic E-state index is 0.112. The molecule has 3 rings (SSSR count). The third kappa shape index (κ3) is 4.79. The van der Waals surface area contributed by atoms with E-state index in [1.165, 1.54) is 28.7 Å². The number of hydrogen-bond acceptors (Lipinski definition) is 6. The number of fused-ring (bicyclic) bond motifs is 1. The van der Waals surface area contributed by atoms with Crippen LogP contribution in [0.3, 0.4) is 0 Å². The van der Waals surface area contributed by atoms with E-state index in [0.29, 0.717) is 25.1 Å². The molecule has 2 heterocycles. The average Bonchev–Trinajstić information content (AvgIpc) is 3.14. The minimum Gasteiger partial charge on any atom is -0.443 e. The van der Waals surface area contributed by atoms with Crippen LogP contribution in [0.2, 0.25) is 5.15 Å². The van der Waals surface area contributed by atoms with Crippen molar-refractivity contribution in [2.24, 2.45) is 0 Å². The van der Waals surface area contributed by atoms with E-state index in [4.69, 9.17) is 16.3 Å². The van der Waals surface area contributed by atoms with Crippen molar-refractivity contribution in [2.75, 3.05) is 11.9 Å². The van der Waals surface area contributed by atoms with Crippen LogP contribution in [0.4, 0.5) is 10.6 Å². The first-order valence-corrected chi connectivity index (χ1v) is 9.78. The molecule has 0 aromatic carbocycles. The van der Waals surface area contributed by atoms with E-state index in [1.807, 2.05) is 0 Å². The zero-order chi connectivity index (χ0) is 21.6. The summed E-state index contributed by atoms with van der Waals surface area (Å²) in [4.78, 5) is 30.7. The van der Waals surface area contributed by atoms with Gasteiger partial charge in [0.1, 0.15) is 22.1 Å². The van der Waals surface area contributed by atoms with Crippen LogP contribution in [0.1, 0.15) is 57.3 Å². The number of nitrogens with one attached hydrogen (secondary N) is 1. The van der Waals surface area contributed by atoms with Crippen LogP contribution in [0.25, 0.3) is 5.65 Å². The molecule has 1 aliphatic carbocycles. The molecule has 0 bridgehead atoms. The Kier molecular flexibility index (Phi) is 5.48. The highest BCUT2D eigenvalue weighted by Crippen LogP contribution is 2.29. The van der Waals surface area contributed by atoms with Gasteiger partial charge in [-0.2, -0.15) is 9.61 Å². The Morgan fingerprint density at radius 1 is 1.45 bits per heavy atom. The molecule has 10 heteroatoms. The Bertz CT molecular complexity index is 950.